The molecule has 1 aliphatic heterocycles. The molecule has 1 fully saturated rings. The van der Waals surface area contributed by atoms with E-state index in [2.05, 4.69) is 0 Å². The molecule has 0 spiro atoms. The van der Waals surface area contributed by atoms with Crippen LogP contribution in [-0.2, 0) is 4.74 Å². The van der Waals surface area contributed by atoms with Crippen LogP contribution in [0, 0.1) is 5.41 Å². The van der Waals surface area contributed by atoms with Crippen molar-refractivity contribution in [3.63, 3.8) is 0 Å². The maximum absolute atomic E-state index is 7.17. The monoisotopic (exact) mass is 131 g/mol. The topological polar surface area (TPSA) is 33.1 Å². The molecule has 0 radical (unpaired) electrons. The molecule has 3 heteroatoms. The molecule has 1 unspecified atom stereocenters. The third-order valence-electron chi connectivity index (χ3n) is 1.19. The van der Waals surface area contributed by atoms with Gasteiger partial charge in [-0.05, 0) is 0 Å². The molecule has 1 N–H and O–H groups in total. The second-order valence-electron chi connectivity index (χ2n) is 1.80. The van der Waals surface area contributed by atoms with Gasteiger partial charge in [0, 0.05) is 19.3 Å². The molecule has 1 saturated heterocycles. The smallest absolute Gasteiger partial charge is 0.0725 e. The molecule has 1 rings (SSSR count). The van der Waals surface area contributed by atoms with E-state index in [9.17, 15) is 0 Å². The Morgan fingerprint density at radius 2 is 2.62 bits per heavy atom. The van der Waals surface area contributed by atoms with Gasteiger partial charge in [0.1, 0.15) is 0 Å². The highest BCUT2D eigenvalue weighted by atomic mass is 32.2. The van der Waals surface area contributed by atoms with Gasteiger partial charge in [-0.3, -0.25) is 5.41 Å². The number of methoxy groups -OCH3 is 1. The Kier molecular flexibility index (Phi) is 1.91. The van der Waals surface area contributed by atoms with E-state index in [0.29, 0.717) is 6.10 Å². The number of thioether (sulfide) groups is 1. The van der Waals surface area contributed by atoms with E-state index in [1.165, 1.54) is 0 Å². The molecule has 1 atom stereocenters. The lowest BCUT2D eigenvalue weighted by atomic mass is 10.3. The average Bonchev–Trinajstić information content (AvgIpc) is 2.14. The minimum absolute atomic E-state index is 0.312. The second-order valence-corrected chi connectivity index (χ2v) is 2.91. The van der Waals surface area contributed by atoms with Crippen molar-refractivity contribution in [2.24, 2.45) is 0 Å². The Bertz CT molecular complexity index is 105. The summed E-state index contributed by atoms with van der Waals surface area (Å²) in [6, 6.07) is 0. The number of nitrogens with one attached hydrogen (secondary N) is 1. The molecule has 8 heavy (non-hydrogen) atoms. The number of ether oxygens (including phenoxy) is 1. The summed E-state index contributed by atoms with van der Waals surface area (Å²) < 4.78 is 5.02. The summed E-state index contributed by atoms with van der Waals surface area (Å²) in [5.41, 5.74) is 0. The third-order valence-corrected chi connectivity index (χ3v) is 2.24. The first-order chi connectivity index (χ1) is 3.83. The third kappa shape index (κ3) is 1.23. The Hall–Kier alpha value is -0.0200. The summed E-state index contributed by atoms with van der Waals surface area (Å²) >= 11 is 1.59. The largest absolute Gasteiger partial charge is 0.380 e. The molecular weight excluding hydrogens is 122 g/mol. The van der Waals surface area contributed by atoms with Crippen molar-refractivity contribution in [2.45, 2.75) is 12.5 Å². The van der Waals surface area contributed by atoms with Crippen LogP contribution in [-0.4, -0.2) is 24.0 Å². The minimum Gasteiger partial charge on any atom is -0.380 e. The van der Waals surface area contributed by atoms with Crippen LogP contribution < -0.4 is 0 Å². The molecule has 2 nitrogen and oxygen atoms in total. The van der Waals surface area contributed by atoms with E-state index in [-0.39, 0.29) is 0 Å². The van der Waals surface area contributed by atoms with E-state index in [1.54, 1.807) is 18.9 Å². The molecule has 0 aliphatic carbocycles. The number of hydrogen-bond acceptors (Lipinski definition) is 3. The van der Waals surface area contributed by atoms with Gasteiger partial charge in [-0.2, -0.15) is 0 Å². The van der Waals surface area contributed by atoms with Crippen molar-refractivity contribution in [1.29, 1.82) is 5.41 Å². The summed E-state index contributed by atoms with van der Waals surface area (Å²) in [6.45, 7) is 0. The van der Waals surface area contributed by atoms with Gasteiger partial charge in [0.05, 0.1) is 11.1 Å². The lowest BCUT2D eigenvalue weighted by Gasteiger charge is -2.00. The van der Waals surface area contributed by atoms with Crippen molar-refractivity contribution in [1.82, 2.24) is 0 Å². The average molecular weight is 131 g/mol. The van der Waals surface area contributed by atoms with Crippen LogP contribution in [0.25, 0.3) is 0 Å². The zero-order valence-corrected chi connectivity index (χ0v) is 5.62. The summed E-state index contributed by atoms with van der Waals surface area (Å²) in [6.07, 6.45) is 1.13. The normalized spacial score (nSPS) is 29.1. The van der Waals surface area contributed by atoms with E-state index < -0.39 is 0 Å². The molecule has 0 aromatic heterocycles. The van der Waals surface area contributed by atoms with Gasteiger partial charge in [0.25, 0.3) is 0 Å². The molecule has 0 aromatic rings. The highest BCUT2D eigenvalue weighted by Crippen LogP contribution is 2.21. The summed E-state index contributed by atoms with van der Waals surface area (Å²) in [5, 5.41) is 7.93. The van der Waals surface area contributed by atoms with Gasteiger partial charge in [-0.15, -0.1) is 11.8 Å². The summed E-state index contributed by atoms with van der Waals surface area (Å²) in [4.78, 5) is 0. The Morgan fingerprint density at radius 1 is 1.88 bits per heavy atom. The van der Waals surface area contributed by atoms with Crippen LogP contribution in [0.15, 0.2) is 0 Å². The lowest BCUT2D eigenvalue weighted by molar-refractivity contribution is 0.131. The molecule has 0 amide bonds. The Labute approximate surface area is 53.1 Å². The van der Waals surface area contributed by atoms with Gasteiger partial charge < -0.3 is 4.74 Å². The predicted octanol–water partition coefficient (Wildman–Crippen LogP) is 1.12. The van der Waals surface area contributed by atoms with Crippen molar-refractivity contribution in [2.75, 3.05) is 12.9 Å². The van der Waals surface area contributed by atoms with Crippen LogP contribution >= 0.6 is 11.8 Å². The molecule has 0 saturated carbocycles. The highest BCUT2D eigenvalue weighted by molar-refractivity contribution is 8.14. The Balaban J connectivity index is 2.32. The van der Waals surface area contributed by atoms with Crippen molar-refractivity contribution in [3.05, 3.63) is 0 Å². The fourth-order valence-corrected chi connectivity index (χ4v) is 1.61. The van der Waals surface area contributed by atoms with Gasteiger partial charge in [0.15, 0.2) is 0 Å². The predicted molar refractivity (Wildman–Crippen MR) is 35.6 cm³/mol. The minimum atomic E-state index is 0.312. The first kappa shape index (κ1) is 6.11. The molecule has 46 valence electrons. The Morgan fingerprint density at radius 3 is 2.88 bits per heavy atom. The zero-order chi connectivity index (χ0) is 5.98. The quantitative estimate of drug-likeness (QED) is 0.578. The van der Waals surface area contributed by atoms with Gasteiger partial charge in [-0.25, -0.2) is 0 Å². The standard InChI is InChI=1S/C5H9NOS/c1-7-4-2-5(6)8-3-4/h4,6H,2-3H2,1H3. The zero-order valence-electron chi connectivity index (χ0n) is 4.81. The van der Waals surface area contributed by atoms with E-state index >= 15 is 0 Å². The second kappa shape index (κ2) is 2.51. The number of rotatable bonds is 1. The van der Waals surface area contributed by atoms with Crippen LogP contribution in [0.4, 0.5) is 0 Å². The maximum Gasteiger partial charge on any atom is 0.0725 e. The van der Waals surface area contributed by atoms with E-state index in [0.717, 1.165) is 17.2 Å². The first-order valence-electron chi connectivity index (χ1n) is 2.56. The molecular formula is C5H9NOS. The lowest BCUT2D eigenvalue weighted by Crippen LogP contribution is -2.07. The van der Waals surface area contributed by atoms with Crippen LogP contribution in [0.2, 0.25) is 0 Å². The fourth-order valence-electron chi connectivity index (χ4n) is 0.670. The van der Waals surface area contributed by atoms with Gasteiger partial charge >= 0.3 is 0 Å². The van der Waals surface area contributed by atoms with Crippen LogP contribution in [0.5, 0.6) is 0 Å². The van der Waals surface area contributed by atoms with Gasteiger partial charge in [-0.1, -0.05) is 0 Å². The molecule has 0 bridgehead atoms. The molecule has 1 heterocycles. The summed E-state index contributed by atoms with van der Waals surface area (Å²) in [7, 11) is 1.70. The van der Waals surface area contributed by atoms with Crippen LogP contribution in [0.1, 0.15) is 6.42 Å². The van der Waals surface area contributed by atoms with E-state index in [1.807, 2.05) is 0 Å². The van der Waals surface area contributed by atoms with Gasteiger partial charge in [0.2, 0.25) is 0 Å². The van der Waals surface area contributed by atoms with Crippen molar-refractivity contribution < 1.29 is 4.74 Å². The maximum atomic E-state index is 7.17. The van der Waals surface area contributed by atoms with Crippen molar-refractivity contribution >= 4 is 16.8 Å². The molecule has 0 aromatic carbocycles. The van der Waals surface area contributed by atoms with E-state index in [4.69, 9.17) is 10.1 Å². The van der Waals surface area contributed by atoms with Crippen LogP contribution in [0.3, 0.4) is 0 Å². The fraction of sp³-hybridized carbons (Fsp3) is 0.800. The van der Waals surface area contributed by atoms with Crippen molar-refractivity contribution in [3.8, 4) is 0 Å². The highest BCUT2D eigenvalue weighted by Gasteiger charge is 2.18. The number of hydrogen-bond donors (Lipinski definition) is 1. The summed E-state index contributed by atoms with van der Waals surface area (Å²) in [5.74, 6) is 0.968. The first-order valence-corrected chi connectivity index (χ1v) is 3.54. The molecule has 1 aliphatic rings. The SMILES string of the molecule is COC1CSC(=N)C1.